The number of para-hydroxylation sites is 3. The summed E-state index contributed by atoms with van der Waals surface area (Å²) in [6, 6.07) is 39.1. The minimum Gasteiger partial charge on any atom is -0.468 e. The highest BCUT2D eigenvalue weighted by Crippen LogP contribution is 2.58. The van der Waals surface area contributed by atoms with Crippen molar-refractivity contribution in [3.05, 3.63) is 150 Å². The van der Waals surface area contributed by atoms with Gasteiger partial charge in [-0.15, -0.1) is 0 Å². The normalized spacial score (nSPS) is 21.0. The second-order valence-corrected chi connectivity index (χ2v) is 11.0. The number of carbonyl (C=O) groups is 2. The van der Waals surface area contributed by atoms with Crippen molar-refractivity contribution in [3.8, 4) is 0 Å². The number of hydrogen-bond acceptors (Lipinski definition) is 8. The Morgan fingerprint density at radius 1 is 0.761 bits per heavy atom. The Morgan fingerprint density at radius 3 is 1.80 bits per heavy atom. The van der Waals surface area contributed by atoms with Gasteiger partial charge in [0.1, 0.15) is 5.92 Å². The second kappa shape index (κ2) is 12.8. The number of benzene rings is 4. The Labute approximate surface area is 269 Å². The fraction of sp³-hybridized carbons (Fsp3) is 0.184. The maximum absolute atomic E-state index is 14.5. The number of esters is 2. The summed E-state index contributed by atoms with van der Waals surface area (Å²) in [6.07, 6.45) is 2.65. The van der Waals surface area contributed by atoms with Crippen LogP contribution in [0.15, 0.2) is 149 Å². The number of carbonyl (C=O) groups excluding carboxylic acids is 2. The molecule has 0 bridgehead atoms. The van der Waals surface area contributed by atoms with Crippen LogP contribution in [0.2, 0.25) is 0 Å². The molecular formula is C38H36N4O4. The number of rotatable bonds is 7. The van der Waals surface area contributed by atoms with Gasteiger partial charge < -0.3 is 14.4 Å². The van der Waals surface area contributed by atoms with Gasteiger partial charge in [-0.1, -0.05) is 97.9 Å². The van der Waals surface area contributed by atoms with E-state index in [2.05, 4.69) is 4.90 Å². The second-order valence-electron chi connectivity index (χ2n) is 11.0. The molecule has 2 aliphatic rings. The molecule has 2 atom stereocenters. The van der Waals surface area contributed by atoms with Crippen LogP contribution in [0.4, 0.5) is 17.1 Å². The fourth-order valence-electron chi connectivity index (χ4n) is 6.56. The third-order valence-corrected chi connectivity index (χ3v) is 8.36. The van der Waals surface area contributed by atoms with Gasteiger partial charge in [-0.25, -0.2) is 9.80 Å². The maximum atomic E-state index is 14.5. The average Bonchev–Trinajstić information content (AvgIpc) is 3.61. The molecule has 8 nitrogen and oxygen atoms in total. The summed E-state index contributed by atoms with van der Waals surface area (Å²) in [7, 11) is 2.76. The van der Waals surface area contributed by atoms with E-state index < -0.39 is 23.5 Å². The molecule has 1 spiro atoms. The van der Waals surface area contributed by atoms with Crippen molar-refractivity contribution in [3.63, 3.8) is 0 Å². The highest BCUT2D eigenvalue weighted by molar-refractivity contribution is 6.16. The summed E-state index contributed by atoms with van der Waals surface area (Å²) in [4.78, 5) is 32.3. The molecule has 2 aliphatic heterocycles. The van der Waals surface area contributed by atoms with Gasteiger partial charge in [0.25, 0.3) is 0 Å². The molecule has 4 aromatic rings. The van der Waals surface area contributed by atoms with Crippen LogP contribution in [-0.4, -0.2) is 37.7 Å². The van der Waals surface area contributed by atoms with Crippen LogP contribution in [0.1, 0.15) is 25.8 Å². The fourth-order valence-corrected chi connectivity index (χ4v) is 6.56. The Bertz CT molecular complexity index is 1810. The number of anilines is 3. The van der Waals surface area contributed by atoms with E-state index in [4.69, 9.17) is 14.6 Å². The molecule has 0 N–H and O–H groups in total. The Balaban J connectivity index is 1.84. The van der Waals surface area contributed by atoms with Crippen LogP contribution in [-0.2, 0) is 19.1 Å². The Kier molecular flexibility index (Phi) is 8.44. The molecule has 1 fully saturated rings. The van der Waals surface area contributed by atoms with Crippen LogP contribution in [0.25, 0.3) is 0 Å². The van der Waals surface area contributed by atoms with E-state index in [1.807, 2.05) is 144 Å². The predicted octanol–water partition coefficient (Wildman–Crippen LogP) is 7.12. The Morgan fingerprint density at radius 2 is 1.28 bits per heavy atom. The lowest BCUT2D eigenvalue weighted by atomic mass is 9.85. The highest BCUT2D eigenvalue weighted by Gasteiger charge is 2.69. The van der Waals surface area contributed by atoms with Gasteiger partial charge in [-0.3, -0.25) is 9.69 Å². The van der Waals surface area contributed by atoms with Crippen molar-refractivity contribution in [2.24, 2.45) is 11.0 Å². The summed E-state index contributed by atoms with van der Waals surface area (Å²) < 4.78 is 11.0. The molecule has 1 saturated heterocycles. The first-order valence-electron chi connectivity index (χ1n) is 15.3. The summed E-state index contributed by atoms with van der Waals surface area (Å²) in [5.74, 6) is -1.37. The molecule has 0 aromatic heterocycles. The number of ether oxygens (including phenoxy) is 2. The van der Waals surface area contributed by atoms with E-state index in [0.717, 1.165) is 22.6 Å². The molecule has 2 heterocycles. The van der Waals surface area contributed by atoms with E-state index in [0.29, 0.717) is 29.2 Å². The molecule has 8 heteroatoms. The van der Waals surface area contributed by atoms with Crippen molar-refractivity contribution in [1.82, 2.24) is 0 Å². The van der Waals surface area contributed by atoms with Crippen molar-refractivity contribution < 1.29 is 19.1 Å². The molecule has 0 unspecified atom stereocenters. The molecule has 232 valence electrons. The average molecular weight is 613 g/mol. The zero-order chi connectivity index (χ0) is 32.3. The first-order chi connectivity index (χ1) is 22.5. The number of methoxy groups -OCH3 is 2. The SMILES string of the molecule is CC/C=C1\[C@@H](C(=O)OC)[C@]2(/C(=C(/C)C(=O)OC)N1c1ccccc1)N(c1ccccc1)N=C(c1ccccc1)N2c1ccccc1. The third kappa shape index (κ3) is 4.83. The number of nitrogens with zero attached hydrogens (tertiary/aromatic N) is 4. The molecule has 46 heavy (non-hydrogen) atoms. The van der Waals surface area contributed by atoms with Crippen molar-refractivity contribution in [1.29, 1.82) is 0 Å². The van der Waals surface area contributed by atoms with Crippen molar-refractivity contribution in [2.75, 3.05) is 29.0 Å². The lowest BCUT2D eigenvalue weighted by molar-refractivity contribution is -0.145. The van der Waals surface area contributed by atoms with Crippen molar-refractivity contribution >= 4 is 34.8 Å². The van der Waals surface area contributed by atoms with E-state index in [9.17, 15) is 9.59 Å². The molecule has 6 rings (SSSR count). The summed E-state index contributed by atoms with van der Waals surface area (Å²) in [6.45, 7) is 3.77. The van der Waals surface area contributed by atoms with E-state index in [1.54, 1.807) is 6.92 Å². The zero-order valence-corrected chi connectivity index (χ0v) is 26.3. The monoisotopic (exact) mass is 612 g/mol. The highest BCUT2D eigenvalue weighted by atomic mass is 16.5. The van der Waals surface area contributed by atoms with Crippen LogP contribution < -0.4 is 14.8 Å². The minimum absolute atomic E-state index is 0.325. The van der Waals surface area contributed by atoms with Crippen LogP contribution in [0.5, 0.6) is 0 Å². The van der Waals surface area contributed by atoms with Gasteiger partial charge in [0.2, 0.25) is 5.66 Å². The lowest BCUT2D eigenvalue weighted by Crippen LogP contribution is -2.63. The van der Waals surface area contributed by atoms with Gasteiger partial charge in [0.05, 0.1) is 31.2 Å². The zero-order valence-electron chi connectivity index (χ0n) is 26.3. The molecule has 0 amide bonds. The molecule has 0 aliphatic carbocycles. The molecule has 0 radical (unpaired) electrons. The number of amidine groups is 1. The molecule has 4 aromatic carbocycles. The Hall–Kier alpha value is -5.63. The topological polar surface area (TPSA) is 74.7 Å². The summed E-state index contributed by atoms with van der Waals surface area (Å²) >= 11 is 0. The maximum Gasteiger partial charge on any atom is 0.335 e. The van der Waals surface area contributed by atoms with Gasteiger partial charge in [-0.05, 0) is 49.7 Å². The third-order valence-electron chi connectivity index (χ3n) is 8.36. The van der Waals surface area contributed by atoms with Crippen LogP contribution in [0.3, 0.4) is 0 Å². The lowest BCUT2D eigenvalue weighted by Gasteiger charge is -2.45. The number of hydrazone groups is 1. The van der Waals surface area contributed by atoms with Gasteiger partial charge >= 0.3 is 11.9 Å². The minimum atomic E-state index is -1.46. The standard InChI is InChI=1S/C38H36N4O4/c1-5-18-32-33(37(44)46-4)38(34(27(2)36(43)45-3)40(32)29-21-12-7-13-22-29)41(30-23-14-8-15-24-30)35(28-19-10-6-11-20-28)39-42(38)31-25-16-9-17-26-31/h6-26,33H,5H2,1-4H3/b32-18+,34-27+/t33-,38+/m0/s1. The number of hydrogen-bond donors (Lipinski definition) is 0. The molecular weight excluding hydrogens is 576 g/mol. The quantitative estimate of drug-likeness (QED) is 0.163. The smallest absolute Gasteiger partial charge is 0.335 e. The van der Waals surface area contributed by atoms with E-state index in [1.165, 1.54) is 14.2 Å². The van der Waals surface area contributed by atoms with E-state index >= 15 is 0 Å². The van der Waals surface area contributed by atoms with Crippen molar-refractivity contribution in [2.45, 2.75) is 25.9 Å². The van der Waals surface area contributed by atoms with Crippen LogP contribution >= 0.6 is 0 Å². The van der Waals surface area contributed by atoms with E-state index in [-0.39, 0.29) is 0 Å². The molecule has 0 saturated carbocycles. The summed E-state index contributed by atoms with van der Waals surface area (Å²) in [5.41, 5.74) is 3.18. The van der Waals surface area contributed by atoms with Gasteiger partial charge in [0.15, 0.2) is 5.84 Å². The first-order valence-corrected chi connectivity index (χ1v) is 15.3. The predicted molar refractivity (Wildman–Crippen MR) is 181 cm³/mol. The first kappa shape index (κ1) is 30.4. The summed E-state index contributed by atoms with van der Waals surface area (Å²) in [5, 5.41) is 7.23. The van der Waals surface area contributed by atoms with Gasteiger partial charge in [-0.2, -0.15) is 5.10 Å². The van der Waals surface area contributed by atoms with Crippen LogP contribution in [0, 0.1) is 5.92 Å². The largest absolute Gasteiger partial charge is 0.468 e. The number of allylic oxidation sites excluding steroid dienone is 1. The van der Waals surface area contributed by atoms with Gasteiger partial charge in [0, 0.05) is 22.6 Å².